The SMILES string of the molecule is CCCC(C)NCC(C)(C)NC(=O)OC(C)(C)C. The van der Waals surface area contributed by atoms with Crippen LogP contribution in [-0.2, 0) is 4.74 Å². The Morgan fingerprint density at radius 2 is 1.78 bits per heavy atom. The van der Waals surface area contributed by atoms with Gasteiger partial charge in [-0.1, -0.05) is 13.3 Å². The normalized spacial score (nSPS) is 14.2. The van der Waals surface area contributed by atoms with Gasteiger partial charge in [0.2, 0.25) is 0 Å². The predicted octanol–water partition coefficient (Wildman–Crippen LogP) is 3.07. The van der Waals surface area contributed by atoms with Crippen molar-refractivity contribution in [2.75, 3.05) is 6.54 Å². The van der Waals surface area contributed by atoms with Gasteiger partial charge in [0.1, 0.15) is 5.60 Å². The lowest BCUT2D eigenvalue weighted by molar-refractivity contribution is 0.0470. The van der Waals surface area contributed by atoms with Gasteiger partial charge in [0.05, 0.1) is 5.54 Å². The highest BCUT2D eigenvalue weighted by Gasteiger charge is 2.24. The van der Waals surface area contributed by atoms with Crippen molar-refractivity contribution >= 4 is 6.09 Å². The summed E-state index contributed by atoms with van der Waals surface area (Å²) in [5.41, 5.74) is -0.770. The maximum Gasteiger partial charge on any atom is 0.408 e. The maximum atomic E-state index is 11.7. The third-order valence-electron chi connectivity index (χ3n) is 2.45. The first-order valence-corrected chi connectivity index (χ1v) is 6.80. The number of hydrogen-bond acceptors (Lipinski definition) is 3. The molecule has 0 aromatic rings. The molecule has 0 fully saturated rings. The lowest BCUT2D eigenvalue weighted by Gasteiger charge is -2.30. The molecule has 0 saturated heterocycles. The molecule has 0 aliphatic rings. The standard InChI is InChI=1S/C14H30N2O2/c1-8-9-11(2)15-10-14(6,7)16-12(17)18-13(3,4)5/h11,15H,8-10H2,1-7H3,(H,16,17). The van der Waals surface area contributed by atoms with Gasteiger partial charge in [-0.15, -0.1) is 0 Å². The summed E-state index contributed by atoms with van der Waals surface area (Å²) in [5.74, 6) is 0. The molecule has 4 nitrogen and oxygen atoms in total. The summed E-state index contributed by atoms with van der Waals surface area (Å²) in [6.07, 6.45) is 1.94. The second-order valence-electron chi connectivity index (χ2n) is 6.58. The molecule has 4 heteroatoms. The van der Waals surface area contributed by atoms with Crippen LogP contribution in [0.15, 0.2) is 0 Å². The van der Waals surface area contributed by atoms with Crippen LogP contribution in [0.1, 0.15) is 61.3 Å². The van der Waals surface area contributed by atoms with Crippen LogP contribution in [0.5, 0.6) is 0 Å². The summed E-state index contributed by atoms with van der Waals surface area (Å²) < 4.78 is 5.25. The van der Waals surface area contributed by atoms with E-state index >= 15 is 0 Å². The largest absolute Gasteiger partial charge is 0.444 e. The summed E-state index contributed by atoms with van der Waals surface area (Å²) in [4.78, 5) is 11.7. The van der Waals surface area contributed by atoms with E-state index in [1.165, 1.54) is 0 Å². The van der Waals surface area contributed by atoms with Gasteiger partial charge >= 0.3 is 6.09 Å². The number of alkyl carbamates (subject to hydrolysis) is 1. The molecule has 108 valence electrons. The molecule has 18 heavy (non-hydrogen) atoms. The molecule has 0 saturated carbocycles. The Labute approximate surface area is 112 Å². The zero-order valence-corrected chi connectivity index (χ0v) is 13.0. The van der Waals surface area contributed by atoms with Gasteiger partial charge in [-0.3, -0.25) is 0 Å². The van der Waals surface area contributed by atoms with Crippen molar-refractivity contribution in [2.24, 2.45) is 0 Å². The van der Waals surface area contributed by atoms with Gasteiger partial charge in [0.15, 0.2) is 0 Å². The van der Waals surface area contributed by atoms with Crippen molar-refractivity contribution < 1.29 is 9.53 Å². The minimum absolute atomic E-state index is 0.315. The fourth-order valence-corrected chi connectivity index (χ4v) is 1.59. The zero-order valence-electron chi connectivity index (χ0n) is 13.0. The van der Waals surface area contributed by atoms with Crippen LogP contribution >= 0.6 is 0 Å². The van der Waals surface area contributed by atoms with Crippen molar-refractivity contribution in [3.63, 3.8) is 0 Å². The van der Waals surface area contributed by atoms with E-state index in [9.17, 15) is 4.79 Å². The first-order valence-electron chi connectivity index (χ1n) is 6.80. The zero-order chi connectivity index (χ0) is 14.4. The Morgan fingerprint density at radius 1 is 1.22 bits per heavy atom. The number of carbonyl (C=O) groups is 1. The van der Waals surface area contributed by atoms with Gasteiger partial charge in [0, 0.05) is 12.6 Å². The second kappa shape index (κ2) is 6.98. The van der Waals surface area contributed by atoms with E-state index in [2.05, 4.69) is 24.5 Å². The van der Waals surface area contributed by atoms with E-state index in [0.717, 1.165) is 19.4 Å². The highest BCUT2D eigenvalue weighted by atomic mass is 16.6. The summed E-state index contributed by atoms with van der Waals surface area (Å²) in [7, 11) is 0. The summed E-state index contributed by atoms with van der Waals surface area (Å²) >= 11 is 0. The van der Waals surface area contributed by atoms with E-state index in [1.54, 1.807) is 0 Å². The maximum absolute atomic E-state index is 11.7. The van der Waals surface area contributed by atoms with Crippen LogP contribution in [-0.4, -0.2) is 29.8 Å². The minimum Gasteiger partial charge on any atom is -0.444 e. The first-order chi connectivity index (χ1) is 8.06. The average Bonchev–Trinajstić information content (AvgIpc) is 2.11. The second-order valence-corrected chi connectivity index (χ2v) is 6.58. The van der Waals surface area contributed by atoms with Crippen molar-refractivity contribution in [3.8, 4) is 0 Å². The highest BCUT2D eigenvalue weighted by Crippen LogP contribution is 2.09. The average molecular weight is 258 g/mol. The number of rotatable bonds is 6. The summed E-state index contributed by atoms with van der Waals surface area (Å²) in [6.45, 7) is 14.6. The third-order valence-corrected chi connectivity index (χ3v) is 2.45. The number of carbonyl (C=O) groups excluding carboxylic acids is 1. The van der Waals surface area contributed by atoms with Crippen LogP contribution in [0.3, 0.4) is 0 Å². The van der Waals surface area contributed by atoms with Crippen LogP contribution in [0, 0.1) is 0 Å². The first kappa shape index (κ1) is 17.2. The van der Waals surface area contributed by atoms with Gasteiger partial charge in [0.25, 0.3) is 0 Å². The molecule has 0 radical (unpaired) electrons. The molecule has 0 spiro atoms. The fraction of sp³-hybridized carbons (Fsp3) is 0.929. The van der Waals surface area contributed by atoms with Crippen molar-refractivity contribution in [1.82, 2.24) is 10.6 Å². The van der Waals surface area contributed by atoms with E-state index in [0.29, 0.717) is 6.04 Å². The van der Waals surface area contributed by atoms with Gasteiger partial charge < -0.3 is 15.4 Å². The monoisotopic (exact) mass is 258 g/mol. The van der Waals surface area contributed by atoms with Crippen LogP contribution in [0.4, 0.5) is 4.79 Å². The topological polar surface area (TPSA) is 50.4 Å². The van der Waals surface area contributed by atoms with Gasteiger partial charge in [-0.2, -0.15) is 0 Å². The molecule has 0 aromatic heterocycles. The molecule has 1 unspecified atom stereocenters. The predicted molar refractivity (Wildman–Crippen MR) is 75.8 cm³/mol. The number of hydrogen-bond donors (Lipinski definition) is 2. The molecule has 0 rings (SSSR count). The Balaban J connectivity index is 4.10. The molecule has 1 atom stereocenters. The van der Waals surface area contributed by atoms with Gasteiger partial charge in [-0.25, -0.2) is 4.79 Å². The molecule has 1 amide bonds. The van der Waals surface area contributed by atoms with E-state index in [1.807, 2.05) is 34.6 Å². The Kier molecular flexibility index (Phi) is 6.68. The molecule has 0 aliphatic carbocycles. The quantitative estimate of drug-likeness (QED) is 0.770. The Bertz CT molecular complexity index is 257. The smallest absolute Gasteiger partial charge is 0.408 e. The third kappa shape index (κ3) is 9.28. The number of nitrogens with one attached hydrogen (secondary N) is 2. The fourth-order valence-electron chi connectivity index (χ4n) is 1.59. The van der Waals surface area contributed by atoms with E-state index in [4.69, 9.17) is 4.74 Å². The van der Waals surface area contributed by atoms with Crippen LogP contribution in [0.2, 0.25) is 0 Å². The summed E-state index contributed by atoms with van der Waals surface area (Å²) in [5, 5.41) is 6.31. The molecular weight excluding hydrogens is 228 g/mol. The van der Waals surface area contributed by atoms with Crippen LogP contribution in [0.25, 0.3) is 0 Å². The molecular formula is C14H30N2O2. The molecule has 0 aromatic carbocycles. The molecule has 0 bridgehead atoms. The molecule has 0 heterocycles. The lowest BCUT2D eigenvalue weighted by atomic mass is 10.1. The molecule has 2 N–H and O–H groups in total. The van der Waals surface area contributed by atoms with E-state index < -0.39 is 5.60 Å². The number of amides is 1. The van der Waals surface area contributed by atoms with E-state index in [-0.39, 0.29) is 11.6 Å². The number of ether oxygens (including phenoxy) is 1. The Morgan fingerprint density at radius 3 is 2.22 bits per heavy atom. The van der Waals surface area contributed by atoms with Crippen molar-refractivity contribution in [1.29, 1.82) is 0 Å². The highest BCUT2D eigenvalue weighted by molar-refractivity contribution is 5.68. The van der Waals surface area contributed by atoms with Crippen molar-refractivity contribution in [3.05, 3.63) is 0 Å². The summed E-state index contributed by atoms with van der Waals surface area (Å²) in [6, 6.07) is 0.467. The lowest BCUT2D eigenvalue weighted by Crippen LogP contribution is -2.52. The van der Waals surface area contributed by atoms with Crippen LogP contribution < -0.4 is 10.6 Å². The minimum atomic E-state index is -0.455. The van der Waals surface area contributed by atoms with Crippen molar-refractivity contribution in [2.45, 2.75) is 78.5 Å². The Hall–Kier alpha value is -0.770. The molecule has 0 aliphatic heterocycles. The van der Waals surface area contributed by atoms with Gasteiger partial charge in [-0.05, 0) is 48.0 Å².